The van der Waals surface area contributed by atoms with Gasteiger partial charge in [-0.05, 0) is 18.4 Å². The molecule has 2 aromatic rings. The highest BCUT2D eigenvalue weighted by molar-refractivity contribution is 5.92. The molecule has 1 aliphatic rings. The van der Waals surface area contributed by atoms with Crippen molar-refractivity contribution in [3.05, 3.63) is 47.4 Å². The Kier molecular flexibility index (Phi) is 3.18. The van der Waals surface area contributed by atoms with Gasteiger partial charge in [-0.15, -0.1) is 0 Å². The van der Waals surface area contributed by atoms with E-state index in [1.165, 1.54) is 7.11 Å². The van der Waals surface area contributed by atoms with Gasteiger partial charge in [-0.1, -0.05) is 30.3 Å². The zero-order valence-electron chi connectivity index (χ0n) is 11.4. The molecule has 0 saturated heterocycles. The fourth-order valence-corrected chi connectivity index (χ4v) is 2.32. The predicted octanol–water partition coefficient (Wildman–Crippen LogP) is 2.18. The number of nitrogens with zero attached hydrogens (tertiary/aromatic N) is 2. The number of methoxy groups -OCH3 is 1. The number of hydrogen-bond acceptors (Lipinski definition) is 4. The minimum Gasteiger partial charge on any atom is -0.464 e. The van der Waals surface area contributed by atoms with Gasteiger partial charge in [0.05, 0.1) is 13.7 Å². The summed E-state index contributed by atoms with van der Waals surface area (Å²) in [5.74, 6) is 1.23. The van der Waals surface area contributed by atoms with Crippen molar-refractivity contribution in [1.82, 2.24) is 9.55 Å². The summed E-state index contributed by atoms with van der Waals surface area (Å²) in [6.07, 6.45) is 2.21. The lowest BCUT2D eigenvalue weighted by Crippen LogP contribution is -2.10. The van der Waals surface area contributed by atoms with Gasteiger partial charge in [0.25, 0.3) is 0 Å². The fourth-order valence-electron chi connectivity index (χ4n) is 2.32. The molecule has 0 unspecified atom stereocenters. The number of benzene rings is 1. The first-order valence-corrected chi connectivity index (χ1v) is 6.69. The van der Waals surface area contributed by atoms with Crippen molar-refractivity contribution >= 4 is 11.8 Å². The highest BCUT2D eigenvalue weighted by atomic mass is 16.5. The Bertz CT molecular complexity index is 630. The summed E-state index contributed by atoms with van der Waals surface area (Å²) in [6, 6.07) is 10.0. The smallest absolute Gasteiger partial charge is 0.360 e. The van der Waals surface area contributed by atoms with E-state index in [2.05, 4.69) is 4.98 Å². The van der Waals surface area contributed by atoms with Crippen LogP contribution >= 0.6 is 0 Å². The fraction of sp³-hybridized carbons (Fsp3) is 0.333. The summed E-state index contributed by atoms with van der Waals surface area (Å²) in [5.41, 5.74) is 7.46. The molecule has 0 bridgehead atoms. The van der Waals surface area contributed by atoms with Gasteiger partial charge in [0.2, 0.25) is 0 Å². The van der Waals surface area contributed by atoms with Crippen molar-refractivity contribution in [1.29, 1.82) is 0 Å². The molecule has 1 saturated carbocycles. The van der Waals surface area contributed by atoms with Crippen molar-refractivity contribution in [2.45, 2.75) is 25.3 Å². The lowest BCUT2D eigenvalue weighted by molar-refractivity contribution is 0.0595. The van der Waals surface area contributed by atoms with Gasteiger partial charge < -0.3 is 15.0 Å². The van der Waals surface area contributed by atoms with Crippen LogP contribution in [0.3, 0.4) is 0 Å². The molecular formula is C15H17N3O2. The third kappa shape index (κ3) is 2.27. The van der Waals surface area contributed by atoms with E-state index in [1.807, 2.05) is 34.9 Å². The molecule has 3 rings (SSSR count). The number of nitrogens with two attached hydrogens (primary N) is 1. The second-order valence-corrected chi connectivity index (χ2v) is 5.04. The Hall–Kier alpha value is -2.30. The van der Waals surface area contributed by atoms with Crippen LogP contribution in [0.25, 0.3) is 0 Å². The quantitative estimate of drug-likeness (QED) is 0.865. The normalized spacial score (nSPS) is 14.2. The second kappa shape index (κ2) is 5.00. The first-order valence-electron chi connectivity index (χ1n) is 6.69. The molecule has 2 N–H and O–H groups in total. The average molecular weight is 271 g/mol. The SMILES string of the molecule is COC(=O)c1nc(C2CC2)n(Cc2ccccc2)c1N. The van der Waals surface area contributed by atoms with Crippen molar-refractivity contribution in [2.75, 3.05) is 12.8 Å². The number of esters is 1. The molecule has 1 fully saturated rings. The number of aromatic nitrogens is 2. The molecule has 0 spiro atoms. The van der Waals surface area contributed by atoms with Crippen molar-refractivity contribution < 1.29 is 9.53 Å². The van der Waals surface area contributed by atoms with E-state index in [-0.39, 0.29) is 5.69 Å². The number of anilines is 1. The van der Waals surface area contributed by atoms with Crippen molar-refractivity contribution in [2.24, 2.45) is 0 Å². The highest BCUT2D eigenvalue weighted by Gasteiger charge is 2.32. The summed E-state index contributed by atoms with van der Waals surface area (Å²) >= 11 is 0. The minimum absolute atomic E-state index is 0.227. The summed E-state index contributed by atoms with van der Waals surface area (Å²) < 4.78 is 6.67. The molecule has 1 aromatic heterocycles. The van der Waals surface area contributed by atoms with E-state index in [4.69, 9.17) is 10.5 Å². The number of nitrogen functional groups attached to an aromatic ring is 1. The molecule has 0 radical (unpaired) electrons. The van der Waals surface area contributed by atoms with Gasteiger partial charge in [-0.3, -0.25) is 0 Å². The summed E-state index contributed by atoms with van der Waals surface area (Å²) in [4.78, 5) is 16.1. The topological polar surface area (TPSA) is 70.1 Å². The third-order valence-corrected chi connectivity index (χ3v) is 3.54. The third-order valence-electron chi connectivity index (χ3n) is 3.54. The number of ether oxygens (including phenoxy) is 1. The van der Waals surface area contributed by atoms with Crippen molar-refractivity contribution in [3.63, 3.8) is 0 Å². The summed E-state index contributed by atoms with van der Waals surface area (Å²) in [7, 11) is 1.34. The van der Waals surface area contributed by atoms with Crippen LogP contribution in [-0.4, -0.2) is 22.6 Å². The van der Waals surface area contributed by atoms with Gasteiger partial charge >= 0.3 is 5.97 Å². The van der Waals surface area contributed by atoms with Crippen LogP contribution < -0.4 is 5.73 Å². The van der Waals surface area contributed by atoms with E-state index in [9.17, 15) is 4.79 Å². The highest BCUT2D eigenvalue weighted by Crippen LogP contribution is 2.41. The zero-order valence-corrected chi connectivity index (χ0v) is 11.4. The summed E-state index contributed by atoms with van der Waals surface area (Å²) in [5, 5.41) is 0. The standard InChI is InChI=1S/C15H17N3O2/c1-20-15(19)12-13(16)18(14(17-12)11-7-8-11)9-10-5-3-2-4-6-10/h2-6,11H,7-9,16H2,1H3. The number of carbonyl (C=O) groups excluding carboxylic acids is 1. The molecule has 0 amide bonds. The maximum absolute atomic E-state index is 11.7. The lowest BCUT2D eigenvalue weighted by atomic mass is 10.2. The molecule has 1 aromatic carbocycles. The van der Waals surface area contributed by atoms with E-state index < -0.39 is 5.97 Å². The monoisotopic (exact) mass is 271 g/mol. The average Bonchev–Trinajstić information content (AvgIpc) is 3.27. The molecule has 0 atom stereocenters. The Labute approximate surface area is 117 Å². The largest absolute Gasteiger partial charge is 0.464 e. The van der Waals surface area contributed by atoms with E-state index >= 15 is 0 Å². The van der Waals surface area contributed by atoms with Crippen LogP contribution in [0.15, 0.2) is 30.3 Å². The molecule has 5 heteroatoms. The number of carbonyl (C=O) groups is 1. The second-order valence-electron chi connectivity index (χ2n) is 5.04. The number of hydrogen-bond donors (Lipinski definition) is 1. The van der Waals surface area contributed by atoms with Crippen molar-refractivity contribution in [3.8, 4) is 0 Å². The maximum atomic E-state index is 11.7. The molecule has 1 aliphatic carbocycles. The predicted molar refractivity (Wildman–Crippen MR) is 75.5 cm³/mol. The van der Waals surface area contributed by atoms with Gasteiger partial charge in [-0.25, -0.2) is 9.78 Å². The number of imidazole rings is 1. The van der Waals surface area contributed by atoms with E-state index in [0.717, 1.165) is 24.2 Å². The van der Waals surface area contributed by atoms with Crippen LogP contribution in [0.1, 0.15) is 40.6 Å². The van der Waals surface area contributed by atoms with Crippen LogP contribution in [0.4, 0.5) is 5.82 Å². The first-order chi connectivity index (χ1) is 9.70. The zero-order chi connectivity index (χ0) is 14.1. The number of rotatable bonds is 4. The lowest BCUT2D eigenvalue weighted by Gasteiger charge is -2.09. The first kappa shape index (κ1) is 12.7. The molecule has 0 aliphatic heterocycles. The Morgan fingerprint density at radius 2 is 2.10 bits per heavy atom. The van der Waals surface area contributed by atoms with Crippen LogP contribution in [0.5, 0.6) is 0 Å². The Morgan fingerprint density at radius 3 is 2.70 bits per heavy atom. The van der Waals surface area contributed by atoms with Gasteiger partial charge in [0.1, 0.15) is 11.6 Å². The minimum atomic E-state index is -0.476. The molecule has 5 nitrogen and oxygen atoms in total. The van der Waals surface area contributed by atoms with Crippen LogP contribution in [0, 0.1) is 0 Å². The van der Waals surface area contributed by atoms with Crippen LogP contribution in [-0.2, 0) is 11.3 Å². The Morgan fingerprint density at radius 1 is 1.40 bits per heavy atom. The van der Waals surface area contributed by atoms with E-state index in [0.29, 0.717) is 18.3 Å². The molecule has 104 valence electrons. The molecule has 20 heavy (non-hydrogen) atoms. The summed E-state index contributed by atoms with van der Waals surface area (Å²) in [6.45, 7) is 0.627. The molecular weight excluding hydrogens is 254 g/mol. The van der Waals surface area contributed by atoms with Crippen LogP contribution in [0.2, 0.25) is 0 Å². The Balaban J connectivity index is 2.00. The molecule has 1 heterocycles. The maximum Gasteiger partial charge on any atom is 0.360 e. The van der Waals surface area contributed by atoms with Gasteiger partial charge in [0.15, 0.2) is 5.69 Å². The van der Waals surface area contributed by atoms with Gasteiger partial charge in [-0.2, -0.15) is 0 Å². The van der Waals surface area contributed by atoms with Gasteiger partial charge in [0, 0.05) is 5.92 Å². The van der Waals surface area contributed by atoms with E-state index in [1.54, 1.807) is 0 Å².